The Bertz CT molecular complexity index is 540. The molecule has 22 heavy (non-hydrogen) atoms. The summed E-state index contributed by atoms with van der Waals surface area (Å²) in [5.41, 5.74) is -0.204. The van der Waals surface area contributed by atoms with Crippen LogP contribution in [-0.4, -0.2) is 45.4 Å². The number of aliphatic carboxylic acids is 1. The van der Waals surface area contributed by atoms with Crippen LogP contribution in [0.5, 0.6) is 0 Å². The Morgan fingerprint density at radius 3 is 2.91 bits per heavy atom. The van der Waals surface area contributed by atoms with Gasteiger partial charge in [-0.15, -0.1) is 0 Å². The van der Waals surface area contributed by atoms with Crippen LogP contribution in [0.4, 0.5) is 0 Å². The highest BCUT2D eigenvalue weighted by Crippen LogP contribution is 2.40. The molecule has 1 aromatic heterocycles. The van der Waals surface area contributed by atoms with E-state index >= 15 is 0 Å². The van der Waals surface area contributed by atoms with Crippen LogP contribution < -0.4 is 0 Å². The SMILES string of the molecule is CCC[C@@]1(C(=O)O)CN(Cc2cc(C3CC3)on2)CC[C@@H]1O. The maximum Gasteiger partial charge on any atom is 0.313 e. The third-order valence-electron chi connectivity index (χ3n) is 4.93. The minimum Gasteiger partial charge on any atom is -0.481 e. The van der Waals surface area contributed by atoms with Gasteiger partial charge in [-0.2, -0.15) is 0 Å². The fraction of sp³-hybridized carbons (Fsp3) is 0.750. The number of hydrogen-bond acceptors (Lipinski definition) is 5. The van der Waals surface area contributed by atoms with Gasteiger partial charge in [0.1, 0.15) is 11.2 Å². The first-order valence-electron chi connectivity index (χ1n) is 8.14. The van der Waals surface area contributed by atoms with Gasteiger partial charge in [-0.3, -0.25) is 9.69 Å². The lowest BCUT2D eigenvalue weighted by Gasteiger charge is -2.43. The van der Waals surface area contributed by atoms with Gasteiger partial charge in [0.25, 0.3) is 0 Å². The molecule has 0 amide bonds. The smallest absolute Gasteiger partial charge is 0.313 e. The lowest BCUT2D eigenvalue weighted by molar-refractivity contribution is -0.164. The molecule has 2 heterocycles. The van der Waals surface area contributed by atoms with Crippen molar-refractivity contribution in [2.45, 2.75) is 57.6 Å². The first-order valence-corrected chi connectivity index (χ1v) is 8.14. The molecule has 0 aromatic carbocycles. The minimum atomic E-state index is -1.06. The molecule has 2 fully saturated rings. The molecule has 2 N–H and O–H groups in total. The number of aliphatic hydroxyl groups excluding tert-OH is 1. The lowest BCUT2D eigenvalue weighted by atomic mass is 9.74. The highest BCUT2D eigenvalue weighted by Gasteiger charge is 2.48. The summed E-state index contributed by atoms with van der Waals surface area (Å²) in [6, 6.07) is 1.99. The summed E-state index contributed by atoms with van der Waals surface area (Å²) in [4.78, 5) is 13.8. The standard InChI is InChI=1S/C16H24N2O4/c1-2-6-16(15(20)21)10-18(7-5-14(16)19)9-12-8-13(22-17-12)11-3-4-11/h8,11,14,19H,2-7,9-10H2,1H3,(H,20,21)/t14-,16+/m0/s1. The maximum absolute atomic E-state index is 11.8. The summed E-state index contributed by atoms with van der Waals surface area (Å²) >= 11 is 0. The van der Waals surface area contributed by atoms with Gasteiger partial charge in [-0.25, -0.2) is 0 Å². The summed E-state index contributed by atoms with van der Waals surface area (Å²) < 4.78 is 5.36. The molecule has 2 atom stereocenters. The zero-order valence-electron chi connectivity index (χ0n) is 13.0. The fourth-order valence-corrected chi connectivity index (χ4v) is 3.50. The molecule has 0 unspecified atom stereocenters. The van der Waals surface area contributed by atoms with E-state index in [-0.39, 0.29) is 0 Å². The number of nitrogens with zero attached hydrogens (tertiary/aromatic N) is 2. The van der Waals surface area contributed by atoms with Gasteiger partial charge in [0, 0.05) is 31.6 Å². The number of aliphatic hydroxyl groups is 1. The zero-order valence-corrected chi connectivity index (χ0v) is 13.0. The largest absolute Gasteiger partial charge is 0.481 e. The Morgan fingerprint density at radius 1 is 1.50 bits per heavy atom. The molecule has 1 aliphatic carbocycles. The first-order chi connectivity index (χ1) is 10.5. The van der Waals surface area contributed by atoms with Gasteiger partial charge < -0.3 is 14.7 Å². The third-order valence-corrected chi connectivity index (χ3v) is 4.93. The number of piperidine rings is 1. The first kappa shape index (κ1) is 15.5. The number of aromatic nitrogens is 1. The zero-order chi connectivity index (χ0) is 15.7. The summed E-state index contributed by atoms with van der Waals surface area (Å²) in [6.45, 7) is 3.59. The van der Waals surface area contributed by atoms with E-state index in [0.717, 1.165) is 17.9 Å². The van der Waals surface area contributed by atoms with Crippen LogP contribution in [0, 0.1) is 5.41 Å². The second kappa shape index (κ2) is 6.01. The molecule has 3 rings (SSSR count). The van der Waals surface area contributed by atoms with Crippen LogP contribution in [0.2, 0.25) is 0 Å². The molecule has 122 valence electrons. The maximum atomic E-state index is 11.8. The van der Waals surface area contributed by atoms with Crippen molar-refractivity contribution in [3.63, 3.8) is 0 Å². The highest BCUT2D eigenvalue weighted by molar-refractivity contribution is 5.76. The van der Waals surface area contributed by atoms with E-state index in [1.807, 2.05) is 13.0 Å². The van der Waals surface area contributed by atoms with Gasteiger partial charge >= 0.3 is 5.97 Å². The second-order valence-corrected chi connectivity index (χ2v) is 6.72. The molecule has 2 aliphatic rings. The quantitative estimate of drug-likeness (QED) is 0.836. The topological polar surface area (TPSA) is 86.8 Å². The van der Waals surface area contributed by atoms with Crippen LogP contribution in [0.1, 0.15) is 56.4 Å². The van der Waals surface area contributed by atoms with Crippen molar-refractivity contribution < 1.29 is 19.5 Å². The number of likely N-dealkylation sites (tertiary alicyclic amines) is 1. The van der Waals surface area contributed by atoms with Crippen molar-refractivity contribution in [2.75, 3.05) is 13.1 Å². The molecule has 0 bridgehead atoms. The summed E-state index contributed by atoms with van der Waals surface area (Å²) in [5.74, 6) is 0.582. The molecule has 1 aliphatic heterocycles. The summed E-state index contributed by atoms with van der Waals surface area (Å²) in [6.07, 6.45) is 3.28. The number of carbonyl (C=O) groups is 1. The Hall–Kier alpha value is -1.40. The monoisotopic (exact) mass is 308 g/mol. The average molecular weight is 308 g/mol. The normalized spacial score (nSPS) is 29.6. The van der Waals surface area contributed by atoms with Crippen LogP contribution in [0.25, 0.3) is 0 Å². The second-order valence-electron chi connectivity index (χ2n) is 6.72. The van der Waals surface area contributed by atoms with Crippen molar-refractivity contribution in [3.05, 3.63) is 17.5 Å². The van der Waals surface area contributed by atoms with Gasteiger partial charge in [-0.05, 0) is 25.7 Å². The molecule has 0 spiro atoms. The Morgan fingerprint density at radius 2 is 2.27 bits per heavy atom. The predicted molar refractivity (Wildman–Crippen MR) is 79.4 cm³/mol. The van der Waals surface area contributed by atoms with E-state index in [2.05, 4.69) is 10.1 Å². The molecule has 1 saturated carbocycles. The highest BCUT2D eigenvalue weighted by atomic mass is 16.5. The van der Waals surface area contributed by atoms with Crippen LogP contribution in [0.15, 0.2) is 10.6 Å². The third kappa shape index (κ3) is 2.90. The average Bonchev–Trinajstić information content (AvgIpc) is 3.23. The number of hydrogen-bond donors (Lipinski definition) is 2. The lowest BCUT2D eigenvalue weighted by Crippen LogP contribution is -2.55. The summed E-state index contributed by atoms with van der Waals surface area (Å²) in [7, 11) is 0. The van der Waals surface area contributed by atoms with Crippen LogP contribution in [0.3, 0.4) is 0 Å². The number of rotatable bonds is 6. The molecule has 6 heteroatoms. The van der Waals surface area contributed by atoms with Crippen molar-refractivity contribution in [2.24, 2.45) is 5.41 Å². The van der Waals surface area contributed by atoms with Crippen molar-refractivity contribution >= 4 is 5.97 Å². The predicted octanol–water partition coefficient (Wildman–Crippen LogP) is 1.99. The van der Waals surface area contributed by atoms with E-state index in [0.29, 0.717) is 38.4 Å². The minimum absolute atomic E-state index is 0.364. The van der Waals surface area contributed by atoms with Crippen LogP contribution >= 0.6 is 0 Å². The van der Waals surface area contributed by atoms with Gasteiger partial charge in [0.2, 0.25) is 0 Å². The fourth-order valence-electron chi connectivity index (χ4n) is 3.50. The summed E-state index contributed by atoms with van der Waals surface area (Å²) in [5, 5.41) is 24.0. The molecule has 1 saturated heterocycles. The van der Waals surface area contributed by atoms with E-state index in [1.54, 1.807) is 0 Å². The molecular weight excluding hydrogens is 284 g/mol. The van der Waals surface area contributed by atoms with Gasteiger partial charge in [-0.1, -0.05) is 18.5 Å². The number of carboxylic acids is 1. The van der Waals surface area contributed by atoms with Crippen molar-refractivity contribution in [3.8, 4) is 0 Å². The Labute approximate surface area is 130 Å². The molecular formula is C16H24N2O4. The van der Waals surface area contributed by atoms with E-state index in [1.165, 1.54) is 12.8 Å². The van der Waals surface area contributed by atoms with E-state index in [9.17, 15) is 15.0 Å². The van der Waals surface area contributed by atoms with E-state index < -0.39 is 17.5 Å². The Balaban J connectivity index is 1.69. The van der Waals surface area contributed by atoms with Crippen molar-refractivity contribution in [1.82, 2.24) is 10.1 Å². The van der Waals surface area contributed by atoms with E-state index in [4.69, 9.17) is 4.52 Å². The van der Waals surface area contributed by atoms with Crippen LogP contribution in [-0.2, 0) is 11.3 Å². The van der Waals surface area contributed by atoms with Gasteiger partial charge in [0.15, 0.2) is 0 Å². The number of carboxylic acid groups (broad SMARTS) is 1. The molecule has 6 nitrogen and oxygen atoms in total. The van der Waals surface area contributed by atoms with Crippen molar-refractivity contribution in [1.29, 1.82) is 0 Å². The molecule has 1 aromatic rings. The Kier molecular flexibility index (Phi) is 4.23. The van der Waals surface area contributed by atoms with Gasteiger partial charge in [0.05, 0.1) is 11.8 Å². The molecule has 0 radical (unpaired) electrons.